The minimum atomic E-state index is -9.97. The molecule has 0 radical (unpaired) electrons. The van der Waals surface area contributed by atoms with Crippen molar-refractivity contribution >= 4 is 43.2 Å². The Bertz CT molecular complexity index is 1370. The van der Waals surface area contributed by atoms with Crippen LogP contribution in [0.5, 0.6) is 0 Å². The van der Waals surface area contributed by atoms with Crippen LogP contribution in [-0.4, -0.2) is 60.9 Å². The summed E-state index contributed by atoms with van der Waals surface area (Å²) < 4.78 is 90.3. The lowest BCUT2D eigenvalue weighted by Gasteiger charge is -2.40. The molecule has 0 saturated heterocycles. The number of rotatable bonds is 8. The minimum absolute atomic E-state index is 0.137. The number of benzene rings is 1. The number of carbonyl (C=O) groups is 2. The maximum atomic E-state index is 13.8. The summed E-state index contributed by atoms with van der Waals surface area (Å²) in [6, 6.07) is 0.684. The van der Waals surface area contributed by atoms with Crippen LogP contribution in [0.25, 0.3) is 0 Å². The molecule has 15 heteroatoms. The average Bonchev–Trinajstić information content (AvgIpc) is 3.41. The summed E-state index contributed by atoms with van der Waals surface area (Å²) in [6.45, 7) is -0.137. The molecule has 0 spiro atoms. The predicted octanol–water partition coefficient (Wildman–Crippen LogP) is 5.19. The number of hydrogen-bond donors (Lipinski definition) is 0. The highest BCUT2D eigenvalue weighted by atomic mass is 32.5. The van der Waals surface area contributed by atoms with E-state index < -0.39 is 54.5 Å². The summed E-state index contributed by atoms with van der Waals surface area (Å²) in [6.07, 6.45) is 3.28. The molecule has 2 aliphatic rings. The Morgan fingerprint density at radius 2 is 1.70 bits per heavy atom. The molecule has 2 unspecified atom stereocenters. The maximum absolute atomic E-state index is 13.8. The van der Waals surface area contributed by atoms with Gasteiger partial charge in [0, 0.05) is 30.8 Å². The number of thiazole rings is 1. The van der Waals surface area contributed by atoms with Crippen molar-refractivity contribution in [1.82, 2.24) is 14.8 Å². The van der Waals surface area contributed by atoms with E-state index in [9.17, 15) is 37.4 Å². The largest absolute Gasteiger partial charge is 0.348 e. The molecule has 1 saturated carbocycles. The molecular formula is C22H24F5N3O4S3. The van der Waals surface area contributed by atoms with Crippen molar-refractivity contribution in [2.24, 2.45) is 0 Å². The van der Waals surface area contributed by atoms with Gasteiger partial charge in [-0.2, -0.15) is 0 Å². The van der Waals surface area contributed by atoms with Crippen LogP contribution in [0.1, 0.15) is 40.9 Å². The molecule has 2 aromatic rings. The van der Waals surface area contributed by atoms with E-state index in [0.29, 0.717) is 23.1 Å². The van der Waals surface area contributed by atoms with Gasteiger partial charge in [-0.3, -0.25) is 9.59 Å². The molecule has 0 N–H and O–H groups in total. The number of hydrogen-bond acceptors (Lipinski definition) is 6. The fourth-order valence-electron chi connectivity index (χ4n) is 3.95. The molecule has 4 rings (SSSR count). The Labute approximate surface area is 214 Å². The molecule has 2 amide bonds. The highest BCUT2D eigenvalue weighted by Crippen LogP contribution is 3.02. The SMILES string of the molecule is CN(C)C(=O)C(C(=O)N(Cc1nc(C2CC2)cs1)C1C=CS(=O)(=O)C1)c1ccc(S(F)(F)(F)(F)F)cc1. The van der Waals surface area contributed by atoms with Gasteiger partial charge >= 0.3 is 10.2 Å². The molecule has 1 aromatic carbocycles. The van der Waals surface area contributed by atoms with Crippen LogP contribution < -0.4 is 0 Å². The topological polar surface area (TPSA) is 87.7 Å². The van der Waals surface area contributed by atoms with Crippen LogP contribution in [0, 0.1) is 0 Å². The van der Waals surface area contributed by atoms with Gasteiger partial charge in [0.05, 0.1) is 24.0 Å². The second kappa shape index (κ2) is 8.50. The molecule has 1 aromatic heterocycles. The molecule has 2 heterocycles. The number of halogens is 5. The van der Waals surface area contributed by atoms with Crippen LogP contribution in [0.15, 0.2) is 46.0 Å². The standard InChI is InChI=1S/C22H24F5N3O4S3/c1-29(2)21(31)20(15-5-7-17(8-6-15)37(23,24,25,26)27)22(32)30(16-9-10-36(33,34)13-16)11-19-28-18(12-35-19)14-3-4-14/h5-10,12,14,16,20H,3-4,11,13H2,1-2H3. The lowest BCUT2D eigenvalue weighted by molar-refractivity contribution is -0.143. The lowest BCUT2D eigenvalue weighted by atomic mass is 9.95. The molecule has 37 heavy (non-hydrogen) atoms. The van der Waals surface area contributed by atoms with Gasteiger partial charge in [0.25, 0.3) is 0 Å². The van der Waals surface area contributed by atoms with E-state index in [4.69, 9.17) is 0 Å². The molecule has 204 valence electrons. The summed E-state index contributed by atoms with van der Waals surface area (Å²) >= 11 is 1.27. The maximum Gasteiger partial charge on any atom is 0.310 e. The van der Waals surface area contributed by atoms with E-state index in [-0.39, 0.29) is 24.2 Å². The van der Waals surface area contributed by atoms with Gasteiger partial charge in [0.2, 0.25) is 11.8 Å². The summed E-state index contributed by atoms with van der Waals surface area (Å²) in [5, 5.41) is 3.31. The lowest BCUT2D eigenvalue weighted by Crippen LogP contribution is -2.46. The summed E-state index contributed by atoms with van der Waals surface area (Å²) in [7, 11) is -10.9. The van der Waals surface area contributed by atoms with Crippen LogP contribution in [-0.2, 0) is 26.0 Å². The first-order valence-electron chi connectivity index (χ1n) is 11.1. The third-order valence-corrected chi connectivity index (χ3v) is 9.45. The fraction of sp³-hybridized carbons (Fsp3) is 0.409. The molecule has 1 aliphatic heterocycles. The first-order valence-corrected chi connectivity index (χ1v) is 15.6. The number of aromatic nitrogens is 1. The Hall–Kier alpha value is -2.52. The predicted molar refractivity (Wildman–Crippen MR) is 131 cm³/mol. The van der Waals surface area contributed by atoms with Crippen molar-refractivity contribution in [3.63, 3.8) is 0 Å². The first-order chi connectivity index (χ1) is 16.8. The van der Waals surface area contributed by atoms with Gasteiger partial charge in [-0.25, -0.2) is 13.4 Å². The second-order valence-electron chi connectivity index (χ2n) is 9.34. The monoisotopic (exact) mass is 585 g/mol. The van der Waals surface area contributed by atoms with E-state index in [1.54, 1.807) is 0 Å². The highest BCUT2D eigenvalue weighted by molar-refractivity contribution is 8.45. The molecule has 1 aliphatic carbocycles. The molecular weight excluding hydrogens is 561 g/mol. The zero-order valence-electron chi connectivity index (χ0n) is 19.7. The molecule has 2 atom stereocenters. The van der Waals surface area contributed by atoms with Crippen LogP contribution >= 0.6 is 21.6 Å². The fourth-order valence-corrected chi connectivity index (χ4v) is 6.78. The van der Waals surface area contributed by atoms with Crippen LogP contribution in [0.3, 0.4) is 0 Å². The van der Waals surface area contributed by atoms with Gasteiger partial charge in [-0.1, -0.05) is 31.6 Å². The Balaban J connectivity index is 1.72. The van der Waals surface area contributed by atoms with Gasteiger partial charge in [0.15, 0.2) is 9.84 Å². The van der Waals surface area contributed by atoms with Crippen molar-refractivity contribution in [3.05, 3.63) is 57.4 Å². The van der Waals surface area contributed by atoms with Crippen molar-refractivity contribution in [3.8, 4) is 0 Å². The van der Waals surface area contributed by atoms with Crippen molar-refractivity contribution in [1.29, 1.82) is 0 Å². The number of likely N-dealkylation sites (N-methyl/N-ethyl adjacent to an activating group) is 1. The van der Waals surface area contributed by atoms with E-state index in [1.165, 1.54) is 31.5 Å². The van der Waals surface area contributed by atoms with Gasteiger partial charge < -0.3 is 9.80 Å². The van der Waals surface area contributed by atoms with Crippen molar-refractivity contribution in [2.75, 3.05) is 19.8 Å². The Morgan fingerprint density at radius 3 is 2.19 bits per heavy atom. The normalized spacial score (nSPS) is 21.6. The van der Waals surface area contributed by atoms with Crippen molar-refractivity contribution < 1.29 is 37.4 Å². The number of carbonyl (C=O) groups excluding carboxylic acids is 2. The number of amides is 2. The van der Waals surface area contributed by atoms with E-state index in [0.717, 1.165) is 33.7 Å². The third-order valence-electron chi connectivity index (χ3n) is 6.06. The summed E-state index contributed by atoms with van der Waals surface area (Å²) in [5.41, 5.74) is 0.622. The van der Waals surface area contributed by atoms with Gasteiger partial charge in [-0.05, 0) is 36.6 Å². The Kier molecular flexibility index (Phi) is 6.32. The van der Waals surface area contributed by atoms with Gasteiger partial charge in [-0.15, -0.1) is 11.3 Å². The van der Waals surface area contributed by atoms with Crippen molar-refractivity contribution in [2.45, 2.75) is 42.2 Å². The number of nitrogens with zero attached hydrogens (tertiary/aromatic N) is 3. The first kappa shape index (κ1) is 27.5. The second-order valence-corrected chi connectivity index (χ2v) is 14.6. The summed E-state index contributed by atoms with van der Waals surface area (Å²) in [5.74, 6) is -3.49. The zero-order valence-corrected chi connectivity index (χ0v) is 22.1. The Morgan fingerprint density at radius 1 is 1.08 bits per heavy atom. The van der Waals surface area contributed by atoms with E-state index in [1.807, 2.05) is 5.38 Å². The molecule has 1 fully saturated rings. The van der Waals surface area contributed by atoms with E-state index in [2.05, 4.69) is 4.98 Å². The number of sulfone groups is 1. The van der Waals surface area contributed by atoms with Gasteiger partial charge in [0.1, 0.15) is 15.8 Å². The molecule has 0 bridgehead atoms. The van der Waals surface area contributed by atoms with Crippen LogP contribution in [0.2, 0.25) is 0 Å². The average molecular weight is 586 g/mol. The quantitative estimate of drug-likeness (QED) is 0.315. The molecule has 7 nitrogen and oxygen atoms in total. The minimum Gasteiger partial charge on any atom is -0.348 e. The van der Waals surface area contributed by atoms with E-state index >= 15 is 0 Å². The third kappa shape index (κ3) is 6.32. The highest BCUT2D eigenvalue weighted by Gasteiger charge is 2.65. The van der Waals surface area contributed by atoms with Crippen LogP contribution in [0.4, 0.5) is 19.4 Å². The summed E-state index contributed by atoms with van der Waals surface area (Å²) in [4.78, 5) is 31.5. The zero-order chi connectivity index (χ0) is 27.5. The smallest absolute Gasteiger partial charge is 0.310 e.